The Kier molecular flexibility index (Phi) is 8.29. The smallest absolute Gasteiger partial charge is 0.356 e. The molecule has 38 heavy (non-hydrogen) atoms. The van der Waals surface area contributed by atoms with E-state index in [2.05, 4.69) is 10.6 Å². The highest BCUT2D eigenvalue weighted by atomic mass is 19.4. The van der Waals surface area contributed by atoms with Crippen molar-refractivity contribution in [2.75, 3.05) is 6.54 Å². The molecule has 0 aromatic rings. The van der Waals surface area contributed by atoms with Gasteiger partial charge in [-0.15, -0.1) is 0 Å². The summed E-state index contributed by atoms with van der Waals surface area (Å²) in [5.74, 6) is -10.3. The van der Waals surface area contributed by atoms with Gasteiger partial charge in [-0.3, -0.25) is 19.2 Å². The highest BCUT2D eigenvalue weighted by molar-refractivity contribution is 5.94. The van der Waals surface area contributed by atoms with Crippen molar-refractivity contribution in [3.8, 4) is 6.07 Å². The molecule has 1 saturated carbocycles. The van der Waals surface area contributed by atoms with Gasteiger partial charge in [0.1, 0.15) is 18.1 Å². The minimum atomic E-state index is -5.29. The summed E-state index contributed by atoms with van der Waals surface area (Å²) in [6.45, 7) is 4.69. The third-order valence-corrected chi connectivity index (χ3v) is 7.50. The van der Waals surface area contributed by atoms with E-state index < -0.39 is 77.7 Å². The standard InChI is InChI=1S/C24H32F5N5O4/c1-22(2,3)17(33-21(38)24(27,28)29)20(37)34-14-6-7-15(23(25,26)10-14)16(34)19(36)32-13(11-30)9-12-5-4-8-31-18(12)35/h12-17H,4-10H2,1-3H3,(H,31,35)(H,32,36)(H,33,38)/t12-,13-,14-,15-,16+,17-/m0/s1. The molecule has 4 rings (SSSR count). The second kappa shape index (κ2) is 10.6. The molecule has 14 heteroatoms. The summed E-state index contributed by atoms with van der Waals surface area (Å²) >= 11 is 0. The van der Waals surface area contributed by atoms with Gasteiger partial charge in [-0.1, -0.05) is 20.8 Å². The summed E-state index contributed by atoms with van der Waals surface area (Å²) in [5, 5.41) is 16.3. The quantitative estimate of drug-likeness (QED) is 0.437. The Labute approximate surface area is 216 Å². The minimum Gasteiger partial charge on any atom is -0.356 e. The molecule has 1 aliphatic carbocycles. The number of halogens is 5. The van der Waals surface area contributed by atoms with E-state index in [-0.39, 0.29) is 25.2 Å². The van der Waals surface area contributed by atoms with Crippen molar-refractivity contribution >= 4 is 23.6 Å². The van der Waals surface area contributed by atoms with Crippen molar-refractivity contribution in [1.29, 1.82) is 5.26 Å². The lowest BCUT2D eigenvalue weighted by molar-refractivity contribution is -0.197. The summed E-state index contributed by atoms with van der Waals surface area (Å²) in [4.78, 5) is 51.7. The Balaban J connectivity index is 1.90. The Morgan fingerprint density at radius 3 is 2.34 bits per heavy atom. The molecule has 0 radical (unpaired) electrons. The summed E-state index contributed by atoms with van der Waals surface area (Å²) in [5.41, 5.74) is -1.26. The lowest BCUT2D eigenvalue weighted by Gasteiger charge is -2.55. The van der Waals surface area contributed by atoms with Gasteiger partial charge >= 0.3 is 12.1 Å². The van der Waals surface area contributed by atoms with Crippen molar-refractivity contribution in [2.24, 2.45) is 17.3 Å². The van der Waals surface area contributed by atoms with Gasteiger partial charge in [0.15, 0.2) is 0 Å². The van der Waals surface area contributed by atoms with Gasteiger partial charge in [-0.2, -0.15) is 18.4 Å². The fourth-order valence-corrected chi connectivity index (χ4v) is 5.58. The van der Waals surface area contributed by atoms with Gasteiger partial charge in [-0.05, 0) is 37.5 Å². The predicted molar refractivity (Wildman–Crippen MR) is 122 cm³/mol. The monoisotopic (exact) mass is 549 g/mol. The third-order valence-electron chi connectivity index (χ3n) is 7.50. The maximum absolute atomic E-state index is 14.9. The molecular weight excluding hydrogens is 517 g/mol. The van der Waals surface area contributed by atoms with Crippen molar-refractivity contribution < 1.29 is 41.1 Å². The first-order valence-corrected chi connectivity index (χ1v) is 12.5. The van der Waals surface area contributed by atoms with Crippen LogP contribution in [0.5, 0.6) is 0 Å². The zero-order valence-corrected chi connectivity index (χ0v) is 21.3. The molecule has 0 spiro atoms. The van der Waals surface area contributed by atoms with Crippen molar-refractivity contribution in [3.05, 3.63) is 0 Å². The van der Waals surface area contributed by atoms with Crippen LogP contribution in [0, 0.1) is 28.6 Å². The maximum atomic E-state index is 14.9. The van der Waals surface area contributed by atoms with Crippen LogP contribution >= 0.6 is 0 Å². The van der Waals surface area contributed by atoms with Crippen molar-refractivity contribution in [2.45, 2.75) is 95.6 Å². The normalized spacial score (nSPS) is 28.5. The number of hydrogen-bond acceptors (Lipinski definition) is 5. The predicted octanol–water partition coefficient (Wildman–Crippen LogP) is 2.02. The molecule has 4 amide bonds. The first-order chi connectivity index (χ1) is 17.5. The Bertz CT molecular complexity index is 1010. The number of amides is 4. The molecule has 3 N–H and O–H groups in total. The number of piperidine rings is 3. The average molecular weight is 550 g/mol. The second-order valence-electron chi connectivity index (χ2n) is 11.3. The molecule has 212 valence electrons. The molecule has 4 aliphatic rings. The van der Waals surface area contributed by atoms with E-state index >= 15 is 0 Å². The van der Waals surface area contributed by atoms with E-state index in [0.717, 1.165) is 4.90 Å². The number of rotatable bonds is 6. The summed E-state index contributed by atoms with van der Waals surface area (Å²) in [6, 6.07) is -4.06. The van der Waals surface area contributed by atoms with Crippen molar-refractivity contribution in [3.63, 3.8) is 0 Å². The zero-order chi connectivity index (χ0) is 28.6. The molecular formula is C24H32F5N5O4. The van der Waals surface area contributed by atoms with E-state index in [1.807, 2.05) is 6.07 Å². The van der Waals surface area contributed by atoms with E-state index in [0.29, 0.717) is 19.4 Å². The number of nitrogens with one attached hydrogen (secondary N) is 3. The maximum Gasteiger partial charge on any atom is 0.471 e. The van der Waals surface area contributed by atoms with Crippen LogP contribution in [0.25, 0.3) is 0 Å². The molecule has 3 aliphatic heterocycles. The van der Waals surface area contributed by atoms with E-state index in [1.165, 1.54) is 20.8 Å². The van der Waals surface area contributed by atoms with E-state index in [4.69, 9.17) is 0 Å². The fourth-order valence-electron chi connectivity index (χ4n) is 5.58. The van der Waals surface area contributed by atoms with Crippen molar-refractivity contribution in [1.82, 2.24) is 20.9 Å². The average Bonchev–Trinajstić information content (AvgIpc) is 2.80. The first-order valence-electron chi connectivity index (χ1n) is 12.5. The highest BCUT2D eigenvalue weighted by Crippen LogP contribution is 2.49. The number of fused-ring (bicyclic) bond motifs is 3. The molecule has 3 saturated heterocycles. The first kappa shape index (κ1) is 29.6. The molecule has 0 unspecified atom stereocenters. The molecule has 3 heterocycles. The number of alkyl halides is 5. The fraction of sp³-hybridized carbons (Fsp3) is 0.792. The molecule has 2 bridgehead atoms. The van der Waals surface area contributed by atoms with Crippen LogP contribution in [0.3, 0.4) is 0 Å². The van der Waals surface area contributed by atoms with Gasteiger partial charge in [0.25, 0.3) is 5.92 Å². The lowest BCUT2D eigenvalue weighted by atomic mass is 9.70. The van der Waals surface area contributed by atoms with Gasteiger partial charge in [0.05, 0.1) is 12.0 Å². The number of carbonyl (C=O) groups is 4. The van der Waals surface area contributed by atoms with Crippen LogP contribution < -0.4 is 16.0 Å². The summed E-state index contributed by atoms with van der Waals surface area (Å²) < 4.78 is 68.9. The topological polar surface area (TPSA) is 131 Å². The van der Waals surface area contributed by atoms with Crippen LogP contribution in [0.15, 0.2) is 0 Å². The number of nitrogens with zero attached hydrogens (tertiary/aromatic N) is 2. The van der Waals surface area contributed by atoms with E-state index in [9.17, 15) is 46.4 Å². The second-order valence-corrected chi connectivity index (χ2v) is 11.3. The molecule has 4 fully saturated rings. The molecule has 6 atom stereocenters. The van der Waals surface area contributed by atoms with Gasteiger partial charge < -0.3 is 20.9 Å². The Morgan fingerprint density at radius 1 is 1.16 bits per heavy atom. The largest absolute Gasteiger partial charge is 0.471 e. The number of hydrogen-bond donors (Lipinski definition) is 3. The summed E-state index contributed by atoms with van der Waals surface area (Å²) in [7, 11) is 0. The summed E-state index contributed by atoms with van der Waals surface area (Å²) in [6.07, 6.45) is -5.00. The van der Waals surface area contributed by atoms with Crippen LogP contribution in [-0.2, 0) is 19.2 Å². The zero-order valence-electron chi connectivity index (χ0n) is 21.3. The van der Waals surface area contributed by atoms with Crippen LogP contribution in [0.4, 0.5) is 22.0 Å². The SMILES string of the molecule is CC(C)(C)[C@@H](NC(=O)C(F)(F)F)C(=O)N1[C@H]2CC[C@@H]([C@@H]1C(=O)N[C@H](C#N)C[C@@H]1CCCNC1=O)C(F)(F)C2. The molecule has 0 aromatic heterocycles. The van der Waals surface area contributed by atoms with Crippen LogP contribution in [0.2, 0.25) is 0 Å². The third kappa shape index (κ3) is 6.18. The highest BCUT2D eigenvalue weighted by Gasteiger charge is 2.61. The van der Waals surface area contributed by atoms with Crippen LogP contribution in [-0.4, -0.2) is 71.3 Å². The Morgan fingerprint density at radius 2 is 1.82 bits per heavy atom. The lowest BCUT2D eigenvalue weighted by Crippen LogP contribution is -2.71. The van der Waals surface area contributed by atoms with E-state index in [1.54, 1.807) is 5.32 Å². The van der Waals surface area contributed by atoms with Gasteiger partial charge in [0, 0.05) is 24.9 Å². The molecule has 9 nitrogen and oxygen atoms in total. The van der Waals surface area contributed by atoms with Gasteiger partial charge in [0.2, 0.25) is 17.7 Å². The Hall–Kier alpha value is -2.98. The number of nitriles is 1. The minimum absolute atomic E-state index is 0.0640. The van der Waals surface area contributed by atoms with Crippen LogP contribution in [0.1, 0.15) is 59.3 Å². The molecule has 0 aromatic carbocycles. The van der Waals surface area contributed by atoms with Gasteiger partial charge in [-0.25, -0.2) is 8.78 Å². The number of carbonyl (C=O) groups excluding carboxylic acids is 4.